The van der Waals surface area contributed by atoms with E-state index in [4.69, 9.17) is 33.4 Å². The molecule has 0 atom stereocenters. The summed E-state index contributed by atoms with van der Waals surface area (Å²) in [4.78, 5) is 98.6. The van der Waals surface area contributed by atoms with E-state index in [1.807, 2.05) is 74.9 Å². The molecule has 1 fully saturated rings. The maximum absolute atomic E-state index is 13.4. The molecule has 7 heterocycles. The number of carbonyl (C=O) groups is 2. The van der Waals surface area contributed by atoms with Crippen LogP contribution >= 0.6 is 0 Å². The quantitative estimate of drug-likeness (QED) is 0.136. The third kappa shape index (κ3) is 15.1. The van der Waals surface area contributed by atoms with Gasteiger partial charge in [-0.15, -0.1) is 0 Å². The van der Waals surface area contributed by atoms with Gasteiger partial charge in [0, 0.05) is 62.8 Å². The molecule has 66 heavy (non-hydrogen) atoms. The third-order valence-corrected chi connectivity index (χ3v) is 10.2. The standard InChI is InChI=1S/C32H41N5O5.C14H14N2O2.2CO2/c1-5-6-7-23-18-27-26(34-20-23)8-9-30(38)36(27)15-14-35-12-10-25(11-13-35)37(31(39)42-32(2,3)4)22-24-19-28-29(21-33-24)41-17-16-40-28;1-2-3-4-11-9-13-12(15-10-11)5-6-14(18)16(13)7-8-17;2*2-1-3/h6-9,18-21,25H,5,10-17,22H2,1-4H3;3-6,8-10H,2,7H2,1H3;;/b7-6+;4-3+;;. The number of aromatic nitrogens is 5. The SMILES string of the molecule is CC/C=C/c1cnc2ccc(=O)n(CC=O)c2c1.CC/C=C/c1cnc2ccc(=O)n(CCN3CCC(N(Cc4cc5c(cn4)OCCO5)C(=O)OC(C)(C)C)CC3)c2c1.O=C=O.O=C=O. The molecule has 2 aliphatic heterocycles. The van der Waals surface area contributed by atoms with E-state index in [0.717, 1.165) is 79.5 Å². The van der Waals surface area contributed by atoms with Gasteiger partial charge in [-0.3, -0.25) is 34.0 Å². The zero-order valence-corrected chi connectivity index (χ0v) is 37.8. The lowest BCUT2D eigenvalue weighted by atomic mass is 10.0. The Hall–Kier alpha value is -7.39. The lowest BCUT2D eigenvalue weighted by Crippen LogP contribution is -2.49. The highest BCUT2D eigenvalue weighted by Crippen LogP contribution is 2.31. The number of nitrogens with zero attached hydrogens (tertiary/aromatic N) is 7. The minimum atomic E-state index is -0.608. The molecule has 2 aliphatic rings. The molecule has 18 heteroatoms. The normalized spacial score (nSPS) is 13.6. The van der Waals surface area contributed by atoms with Crippen LogP contribution in [0.5, 0.6) is 11.5 Å². The number of piperidine rings is 1. The van der Waals surface area contributed by atoms with Crippen LogP contribution in [-0.4, -0.2) is 103 Å². The van der Waals surface area contributed by atoms with E-state index in [1.165, 1.54) is 10.6 Å². The number of rotatable bonds is 12. The van der Waals surface area contributed by atoms with Crippen LogP contribution in [0.2, 0.25) is 0 Å². The van der Waals surface area contributed by atoms with Crippen LogP contribution in [0.15, 0.2) is 82.8 Å². The van der Waals surface area contributed by atoms with Crippen molar-refractivity contribution >= 4 is 58.9 Å². The zero-order chi connectivity index (χ0) is 48.1. The molecule has 348 valence electrons. The summed E-state index contributed by atoms with van der Waals surface area (Å²) in [6, 6.07) is 12.2. The van der Waals surface area contributed by atoms with Gasteiger partial charge in [0.15, 0.2) is 11.5 Å². The van der Waals surface area contributed by atoms with Crippen molar-refractivity contribution in [3.8, 4) is 11.5 Å². The first-order valence-electron chi connectivity index (χ1n) is 21.5. The Balaban J connectivity index is 0.000000328. The topological polar surface area (TPSA) is 219 Å². The number of allylic oxidation sites excluding steroid dienone is 2. The lowest BCUT2D eigenvalue weighted by Gasteiger charge is -2.39. The molecule has 0 aromatic carbocycles. The summed E-state index contributed by atoms with van der Waals surface area (Å²) in [5, 5.41) is 0. The molecule has 0 saturated carbocycles. The average molecular weight is 906 g/mol. The molecule has 0 aliphatic carbocycles. The Morgan fingerprint density at radius 3 is 1.83 bits per heavy atom. The fraction of sp³-hybridized carbons (Fsp3) is 0.396. The first-order valence-corrected chi connectivity index (χ1v) is 21.5. The zero-order valence-electron chi connectivity index (χ0n) is 37.8. The van der Waals surface area contributed by atoms with Crippen LogP contribution in [0.25, 0.3) is 34.2 Å². The van der Waals surface area contributed by atoms with Crippen molar-refractivity contribution in [3.05, 3.63) is 111 Å². The third-order valence-electron chi connectivity index (χ3n) is 10.2. The van der Waals surface area contributed by atoms with Crippen LogP contribution in [0.4, 0.5) is 4.79 Å². The van der Waals surface area contributed by atoms with Gasteiger partial charge in [-0.2, -0.15) is 19.2 Å². The van der Waals surface area contributed by atoms with E-state index >= 15 is 0 Å². The van der Waals surface area contributed by atoms with E-state index < -0.39 is 5.60 Å². The molecule has 0 spiro atoms. The van der Waals surface area contributed by atoms with Crippen LogP contribution in [0.1, 0.15) is 77.1 Å². The average Bonchev–Trinajstić information content (AvgIpc) is 3.30. The van der Waals surface area contributed by atoms with Gasteiger partial charge in [0.05, 0.1) is 47.0 Å². The molecular formula is C48H55N7O11. The summed E-state index contributed by atoms with van der Waals surface area (Å²) >= 11 is 0. The van der Waals surface area contributed by atoms with Gasteiger partial charge < -0.3 is 28.5 Å². The van der Waals surface area contributed by atoms with Crippen molar-refractivity contribution in [2.24, 2.45) is 0 Å². The Kier molecular flexibility index (Phi) is 20.0. The van der Waals surface area contributed by atoms with Gasteiger partial charge in [-0.25, -0.2) is 4.79 Å². The Morgan fingerprint density at radius 1 is 0.773 bits per heavy atom. The van der Waals surface area contributed by atoms with Gasteiger partial charge in [0.25, 0.3) is 11.1 Å². The molecule has 5 aromatic heterocycles. The van der Waals surface area contributed by atoms with Crippen molar-refractivity contribution in [1.82, 2.24) is 33.9 Å². The molecule has 1 amide bonds. The number of carbonyl (C=O) groups excluding carboxylic acids is 6. The minimum absolute atomic E-state index is 0.00323. The Bertz CT molecular complexity index is 2650. The second-order valence-corrected chi connectivity index (χ2v) is 15.9. The number of hydrogen-bond acceptors (Lipinski definition) is 15. The maximum Gasteiger partial charge on any atom is 0.410 e. The van der Waals surface area contributed by atoms with Crippen molar-refractivity contribution in [2.45, 2.75) is 91.6 Å². The molecule has 7 rings (SSSR count). The fourth-order valence-corrected chi connectivity index (χ4v) is 7.16. The molecule has 0 N–H and O–H groups in total. The molecule has 5 aromatic rings. The van der Waals surface area contributed by atoms with E-state index in [-0.39, 0.29) is 42.1 Å². The first-order chi connectivity index (χ1) is 31.8. The molecule has 18 nitrogen and oxygen atoms in total. The predicted molar refractivity (Wildman–Crippen MR) is 243 cm³/mol. The lowest BCUT2D eigenvalue weighted by molar-refractivity contribution is -0.193. The molecule has 0 unspecified atom stereocenters. The number of pyridine rings is 5. The number of ether oxygens (including phenoxy) is 3. The monoisotopic (exact) mass is 905 g/mol. The number of fused-ring (bicyclic) bond motifs is 3. The van der Waals surface area contributed by atoms with Gasteiger partial charge >= 0.3 is 18.4 Å². The predicted octanol–water partition coefficient (Wildman–Crippen LogP) is 5.74. The largest absolute Gasteiger partial charge is 0.486 e. The van der Waals surface area contributed by atoms with E-state index in [9.17, 15) is 19.2 Å². The van der Waals surface area contributed by atoms with E-state index in [2.05, 4.69) is 32.9 Å². The van der Waals surface area contributed by atoms with Gasteiger partial charge in [0.2, 0.25) is 0 Å². The summed E-state index contributed by atoms with van der Waals surface area (Å²) in [6.45, 7) is 14.1. The molecule has 1 saturated heterocycles. The van der Waals surface area contributed by atoms with Crippen LogP contribution in [0.3, 0.4) is 0 Å². The molecule has 0 radical (unpaired) electrons. The summed E-state index contributed by atoms with van der Waals surface area (Å²) in [6.07, 6.45) is 17.7. The van der Waals surface area contributed by atoms with Gasteiger partial charge in [0.1, 0.15) is 25.1 Å². The Labute approximate surface area is 381 Å². The minimum Gasteiger partial charge on any atom is -0.486 e. The van der Waals surface area contributed by atoms with Crippen molar-refractivity contribution in [1.29, 1.82) is 0 Å². The summed E-state index contributed by atoms with van der Waals surface area (Å²) in [5.74, 6) is 1.27. The second kappa shape index (κ2) is 25.8. The number of likely N-dealkylation sites (tertiary alicyclic amines) is 1. The highest BCUT2D eigenvalue weighted by atomic mass is 16.6. The first kappa shape index (κ1) is 51.2. The number of amides is 1. The van der Waals surface area contributed by atoms with Crippen LogP contribution in [0, 0.1) is 0 Å². The number of hydrogen-bond donors (Lipinski definition) is 0. The van der Waals surface area contributed by atoms with Crippen LogP contribution in [-0.2, 0) is 48.3 Å². The summed E-state index contributed by atoms with van der Waals surface area (Å²) in [5.41, 5.74) is 4.87. The van der Waals surface area contributed by atoms with Crippen LogP contribution < -0.4 is 20.6 Å². The summed E-state index contributed by atoms with van der Waals surface area (Å²) < 4.78 is 20.4. The fourth-order valence-electron chi connectivity index (χ4n) is 7.16. The highest BCUT2D eigenvalue weighted by molar-refractivity contribution is 5.78. The van der Waals surface area contributed by atoms with E-state index in [0.29, 0.717) is 48.8 Å². The second-order valence-electron chi connectivity index (χ2n) is 15.9. The molecular weight excluding hydrogens is 851 g/mol. The maximum atomic E-state index is 13.4. The van der Waals surface area contributed by atoms with E-state index in [1.54, 1.807) is 35.5 Å². The van der Waals surface area contributed by atoms with Crippen molar-refractivity contribution in [3.63, 3.8) is 0 Å². The van der Waals surface area contributed by atoms with Crippen molar-refractivity contribution < 1.29 is 43.0 Å². The van der Waals surface area contributed by atoms with Gasteiger partial charge in [-0.05, 0) is 81.8 Å². The molecule has 0 bridgehead atoms. The smallest absolute Gasteiger partial charge is 0.410 e. The van der Waals surface area contributed by atoms with Crippen molar-refractivity contribution in [2.75, 3.05) is 32.8 Å². The van der Waals surface area contributed by atoms with Gasteiger partial charge in [-0.1, -0.05) is 38.2 Å². The Morgan fingerprint density at radius 2 is 1.30 bits per heavy atom. The number of aldehydes is 1. The highest BCUT2D eigenvalue weighted by Gasteiger charge is 2.32. The summed E-state index contributed by atoms with van der Waals surface area (Å²) in [7, 11) is 0.